The molecule has 0 spiro atoms. The SMILES string of the molecule is CCCCN(Cc1ccco1)C1=NC(Cc2ccccc2)C(=O)N1c1ccccc1C. The molecule has 0 bridgehead atoms. The lowest BCUT2D eigenvalue weighted by molar-refractivity contribution is -0.118. The first-order valence-electron chi connectivity index (χ1n) is 11.0. The number of carbonyl (C=O) groups is 1. The first-order valence-corrected chi connectivity index (χ1v) is 11.0. The van der Waals surface area contributed by atoms with E-state index in [1.807, 2.05) is 66.4 Å². The van der Waals surface area contributed by atoms with Crippen LogP contribution in [0.1, 0.15) is 36.7 Å². The summed E-state index contributed by atoms with van der Waals surface area (Å²) in [5, 5.41) is 0. The summed E-state index contributed by atoms with van der Waals surface area (Å²) in [6, 6.07) is 21.5. The van der Waals surface area contributed by atoms with E-state index in [-0.39, 0.29) is 5.91 Å². The summed E-state index contributed by atoms with van der Waals surface area (Å²) in [7, 11) is 0. The molecule has 1 atom stereocenters. The Morgan fingerprint density at radius 1 is 1.03 bits per heavy atom. The van der Waals surface area contributed by atoms with E-state index in [0.29, 0.717) is 18.9 Å². The number of amides is 1. The van der Waals surface area contributed by atoms with Crippen LogP contribution < -0.4 is 4.90 Å². The number of hydrogen-bond acceptors (Lipinski definition) is 4. The van der Waals surface area contributed by atoms with Gasteiger partial charge in [0.25, 0.3) is 5.91 Å². The van der Waals surface area contributed by atoms with E-state index in [4.69, 9.17) is 9.41 Å². The van der Waals surface area contributed by atoms with Crippen molar-refractivity contribution in [3.63, 3.8) is 0 Å². The molecule has 1 aliphatic rings. The Morgan fingerprint density at radius 2 is 1.81 bits per heavy atom. The van der Waals surface area contributed by atoms with Crippen molar-refractivity contribution in [3.05, 3.63) is 89.9 Å². The number of hydrogen-bond donors (Lipinski definition) is 0. The molecule has 3 aromatic rings. The summed E-state index contributed by atoms with van der Waals surface area (Å²) in [6.45, 7) is 5.60. The molecule has 2 heterocycles. The first kappa shape index (κ1) is 20.9. The molecule has 160 valence electrons. The lowest BCUT2D eigenvalue weighted by Crippen LogP contribution is -2.45. The maximum atomic E-state index is 13.6. The number of aliphatic imine (C=N–C) groups is 1. The highest BCUT2D eigenvalue weighted by Crippen LogP contribution is 2.28. The normalized spacial score (nSPS) is 15.9. The van der Waals surface area contributed by atoms with Gasteiger partial charge in [-0.25, -0.2) is 9.89 Å². The van der Waals surface area contributed by atoms with Crippen molar-refractivity contribution >= 4 is 17.6 Å². The fraction of sp³-hybridized carbons (Fsp3) is 0.308. The summed E-state index contributed by atoms with van der Waals surface area (Å²) in [6.07, 6.45) is 4.35. The standard InChI is InChI=1S/C26H29N3O2/c1-3-4-16-28(19-22-14-10-17-31-22)26-27-23(18-21-12-6-5-7-13-21)25(30)29(26)24-15-9-8-11-20(24)2/h5-15,17,23H,3-4,16,18-19H2,1-2H3. The number of guanidine groups is 1. The Kier molecular flexibility index (Phi) is 6.51. The van der Waals surface area contributed by atoms with Gasteiger partial charge >= 0.3 is 0 Å². The molecule has 5 heteroatoms. The second kappa shape index (κ2) is 9.65. The monoisotopic (exact) mass is 415 g/mol. The highest BCUT2D eigenvalue weighted by atomic mass is 16.3. The Balaban J connectivity index is 1.71. The van der Waals surface area contributed by atoms with Gasteiger partial charge in [-0.05, 0) is 42.7 Å². The Labute approximate surface area is 184 Å². The summed E-state index contributed by atoms with van der Waals surface area (Å²) in [5.41, 5.74) is 3.06. The van der Waals surface area contributed by atoms with E-state index in [9.17, 15) is 4.79 Å². The fourth-order valence-electron chi connectivity index (χ4n) is 3.92. The van der Waals surface area contributed by atoms with Crippen LogP contribution in [0.4, 0.5) is 5.69 Å². The molecule has 0 saturated heterocycles. The van der Waals surface area contributed by atoms with Crippen molar-refractivity contribution in [2.45, 2.75) is 45.7 Å². The number of unbranched alkanes of at least 4 members (excludes halogenated alkanes) is 1. The van der Waals surface area contributed by atoms with Gasteiger partial charge in [-0.15, -0.1) is 0 Å². The number of para-hydroxylation sites is 1. The highest BCUT2D eigenvalue weighted by molar-refractivity contribution is 6.22. The van der Waals surface area contributed by atoms with E-state index >= 15 is 0 Å². The van der Waals surface area contributed by atoms with Crippen molar-refractivity contribution in [2.75, 3.05) is 11.4 Å². The molecule has 0 saturated carbocycles. The molecule has 31 heavy (non-hydrogen) atoms. The van der Waals surface area contributed by atoms with E-state index < -0.39 is 6.04 Å². The van der Waals surface area contributed by atoms with Crippen molar-refractivity contribution in [1.29, 1.82) is 0 Å². The van der Waals surface area contributed by atoms with Crippen LogP contribution >= 0.6 is 0 Å². The molecule has 0 aliphatic carbocycles. The number of carbonyl (C=O) groups excluding carboxylic acids is 1. The predicted octanol–water partition coefficient (Wildman–Crippen LogP) is 5.20. The second-order valence-corrected chi connectivity index (χ2v) is 7.95. The molecular formula is C26H29N3O2. The quantitative estimate of drug-likeness (QED) is 0.508. The predicted molar refractivity (Wildman–Crippen MR) is 124 cm³/mol. The molecular weight excluding hydrogens is 386 g/mol. The summed E-state index contributed by atoms with van der Waals surface area (Å²) in [5.74, 6) is 1.60. The maximum Gasteiger partial charge on any atom is 0.259 e. The number of furan rings is 1. The van der Waals surface area contributed by atoms with Crippen molar-refractivity contribution < 1.29 is 9.21 Å². The molecule has 5 nitrogen and oxygen atoms in total. The Bertz CT molecular complexity index is 1030. The van der Waals surface area contributed by atoms with Crippen LogP contribution in [0.3, 0.4) is 0 Å². The maximum absolute atomic E-state index is 13.6. The van der Waals surface area contributed by atoms with Gasteiger partial charge in [0.05, 0.1) is 18.5 Å². The summed E-state index contributed by atoms with van der Waals surface area (Å²) in [4.78, 5) is 22.6. The Morgan fingerprint density at radius 3 is 2.52 bits per heavy atom. The van der Waals surface area contributed by atoms with Gasteiger partial charge in [-0.2, -0.15) is 0 Å². The molecule has 0 N–H and O–H groups in total. The number of rotatable bonds is 8. The minimum absolute atomic E-state index is 0.0223. The number of nitrogens with zero attached hydrogens (tertiary/aromatic N) is 3. The first-order chi connectivity index (χ1) is 15.2. The lowest BCUT2D eigenvalue weighted by Gasteiger charge is -2.30. The van der Waals surface area contributed by atoms with Crippen LogP contribution in [0.5, 0.6) is 0 Å². The van der Waals surface area contributed by atoms with E-state index in [0.717, 1.165) is 42.0 Å². The Hall–Kier alpha value is -3.34. The van der Waals surface area contributed by atoms with Gasteiger partial charge in [-0.1, -0.05) is 61.9 Å². The number of benzene rings is 2. The largest absolute Gasteiger partial charge is 0.467 e. The van der Waals surface area contributed by atoms with Gasteiger partial charge in [-0.3, -0.25) is 4.79 Å². The third-order valence-corrected chi connectivity index (χ3v) is 5.60. The molecule has 1 amide bonds. The zero-order valence-electron chi connectivity index (χ0n) is 18.2. The molecule has 1 unspecified atom stereocenters. The molecule has 0 radical (unpaired) electrons. The number of aryl methyl sites for hydroxylation is 1. The van der Waals surface area contributed by atoms with Crippen LogP contribution in [-0.2, 0) is 17.8 Å². The summed E-state index contributed by atoms with van der Waals surface area (Å²) < 4.78 is 5.62. The van der Waals surface area contributed by atoms with E-state index in [1.54, 1.807) is 6.26 Å². The van der Waals surface area contributed by atoms with Crippen molar-refractivity contribution in [1.82, 2.24) is 4.90 Å². The molecule has 1 aromatic heterocycles. The highest BCUT2D eigenvalue weighted by Gasteiger charge is 2.39. The van der Waals surface area contributed by atoms with Gasteiger partial charge in [0, 0.05) is 13.0 Å². The van der Waals surface area contributed by atoms with Crippen molar-refractivity contribution in [2.24, 2.45) is 4.99 Å². The molecule has 0 fully saturated rings. The zero-order valence-corrected chi connectivity index (χ0v) is 18.2. The van der Waals surface area contributed by atoms with Crippen LogP contribution in [0.25, 0.3) is 0 Å². The smallest absolute Gasteiger partial charge is 0.259 e. The lowest BCUT2D eigenvalue weighted by atomic mass is 10.1. The third kappa shape index (κ3) is 4.71. The molecule has 2 aromatic carbocycles. The van der Waals surface area contributed by atoms with Crippen LogP contribution in [-0.4, -0.2) is 29.4 Å². The zero-order chi connectivity index (χ0) is 21.6. The van der Waals surface area contributed by atoms with Crippen LogP contribution in [0.2, 0.25) is 0 Å². The van der Waals surface area contributed by atoms with Gasteiger partial charge < -0.3 is 9.32 Å². The minimum atomic E-state index is -0.433. The third-order valence-electron chi connectivity index (χ3n) is 5.60. The van der Waals surface area contributed by atoms with E-state index in [2.05, 4.69) is 24.0 Å². The summed E-state index contributed by atoms with van der Waals surface area (Å²) >= 11 is 0. The fourth-order valence-corrected chi connectivity index (χ4v) is 3.92. The van der Waals surface area contributed by atoms with Crippen molar-refractivity contribution in [3.8, 4) is 0 Å². The second-order valence-electron chi connectivity index (χ2n) is 7.95. The minimum Gasteiger partial charge on any atom is -0.467 e. The average Bonchev–Trinajstić information content (AvgIpc) is 3.41. The molecule has 4 rings (SSSR count). The van der Waals surface area contributed by atoms with Gasteiger partial charge in [0.1, 0.15) is 11.8 Å². The van der Waals surface area contributed by atoms with Crippen LogP contribution in [0.15, 0.2) is 82.4 Å². The number of anilines is 1. The van der Waals surface area contributed by atoms with Gasteiger partial charge in [0.15, 0.2) is 0 Å². The average molecular weight is 416 g/mol. The molecule has 1 aliphatic heterocycles. The topological polar surface area (TPSA) is 49.1 Å². The van der Waals surface area contributed by atoms with Gasteiger partial charge in [0.2, 0.25) is 5.96 Å². The van der Waals surface area contributed by atoms with E-state index in [1.165, 1.54) is 0 Å². The van der Waals surface area contributed by atoms with Crippen LogP contribution in [0, 0.1) is 6.92 Å².